The van der Waals surface area contributed by atoms with Gasteiger partial charge in [0.25, 0.3) is 0 Å². The van der Waals surface area contributed by atoms with Gasteiger partial charge in [-0.25, -0.2) is 4.79 Å². The predicted molar refractivity (Wildman–Crippen MR) is 89.3 cm³/mol. The summed E-state index contributed by atoms with van der Waals surface area (Å²) >= 11 is 0. The number of hydrogen-bond acceptors (Lipinski definition) is 2. The molecule has 3 unspecified atom stereocenters. The molecular weight excluding hydrogens is 292 g/mol. The maximum atomic E-state index is 12.6. The number of carboxylic acids is 1. The average molecular weight is 318 g/mol. The van der Waals surface area contributed by atoms with Gasteiger partial charge in [0.05, 0.1) is 0 Å². The number of nitrogens with one attached hydrogen (secondary N) is 1. The van der Waals surface area contributed by atoms with Crippen LogP contribution in [0.2, 0.25) is 0 Å². The van der Waals surface area contributed by atoms with E-state index in [9.17, 15) is 9.59 Å². The van der Waals surface area contributed by atoms with E-state index in [1.165, 1.54) is 0 Å². The van der Waals surface area contributed by atoms with Gasteiger partial charge in [0.15, 0.2) is 0 Å². The Balaban J connectivity index is 2.01. The first-order chi connectivity index (χ1) is 11.0. The SMILES string of the molecule is CC1CCC(C)N1C(=O)NC(CCC(=O)O)Cc1ccccc1. The lowest BCUT2D eigenvalue weighted by Crippen LogP contribution is -2.49. The lowest BCUT2D eigenvalue weighted by atomic mass is 10.0. The van der Waals surface area contributed by atoms with Crippen LogP contribution in [-0.2, 0) is 11.2 Å². The van der Waals surface area contributed by atoms with Crippen LogP contribution in [0, 0.1) is 0 Å². The number of urea groups is 1. The minimum absolute atomic E-state index is 0.0584. The highest BCUT2D eigenvalue weighted by Gasteiger charge is 2.32. The molecule has 1 heterocycles. The minimum atomic E-state index is -0.833. The highest BCUT2D eigenvalue weighted by molar-refractivity contribution is 5.75. The van der Waals surface area contributed by atoms with Crippen LogP contribution in [0.1, 0.15) is 45.1 Å². The van der Waals surface area contributed by atoms with Crippen LogP contribution in [0.5, 0.6) is 0 Å². The van der Waals surface area contributed by atoms with Crippen LogP contribution in [0.25, 0.3) is 0 Å². The molecule has 1 aliphatic heterocycles. The molecule has 0 bridgehead atoms. The molecule has 0 radical (unpaired) electrons. The maximum Gasteiger partial charge on any atom is 0.318 e. The fourth-order valence-electron chi connectivity index (χ4n) is 3.27. The molecule has 2 N–H and O–H groups in total. The molecule has 126 valence electrons. The summed E-state index contributed by atoms with van der Waals surface area (Å²) in [6.07, 6.45) is 3.19. The lowest BCUT2D eigenvalue weighted by Gasteiger charge is -2.29. The minimum Gasteiger partial charge on any atom is -0.481 e. The third-order valence-electron chi connectivity index (χ3n) is 4.55. The Labute approximate surface area is 137 Å². The molecule has 5 heteroatoms. The molecule has 1 aromatic carbocycles. The zero-order valence-corrected chi connectivity index (χ0v) is 13.9. The summed E-state index contributed by atoms with van der Waals surface area (Å²) in [5, 5.41) is 12.0. The Morgan fingerprint density at radius 2 is 1.83 bits per heavy atom. The number of benzene rings is 1. The average Bonchev–Trinajstić information content (AvgIpc) is 2.85. The van der Waals surface area contributed by atoms with Gasteiger partial charge in [-0.2, -0.15) is 0 Å². The van der Waals surface area contributed by atoms with Crippen molar-refractivity contribution in [1.82, 2.24) is 10.2 Å². The fourth-order valence-corrected chi connectivity index (χ4v) is 3.27. The molecular formula is C18H26N2O3. The first-order valence-corrected chi connectivity index (χ1v) is 8.32. The van der Waals surface area contributed by atoms with Gasteiger partial charge in [-0.05, 0) is 45.1 Å². The zero-order valence-electron chi connectivity index (χ0n) is 13.9. The number of carbonyl (C=O) groups is 2. The smallest absolute Gasteiger partial charge is 0.318 e. The van der Waals surface area contributed by atoms with Crippen molar-refractivity contribution in [2.75, 3.05) is 0 Å². The van der Waals surface area contributed by atoms with Gasteiger partial charge >= 0.3 is 12.0 Å². The van der Waals surface area contributed by atoms with Crippen molar-refractivity contribution in [2.24, 2.45) is 0 Å². The molecule has 1 aromatic rings. The van der Waals surface area contributed by atoms with Crippen LogP contribution < -0.4 is 5.32 Å². The number of carbonyl (C=O) groups excluding carboxylic acids is 1. The van der Waals surface area contributed by atoms with Crippen LogP contribution in [0.15, 0.2) is 30.3 Å². The van der Waals surface area contributed by atoms with E-state index >= 15 is 0 Å². The molecule has 0 aromatic heterocycles. The second kappa shape index (κ2) is 7.99. The standard InChI is InChI=1S/C18H26N2O3/c1-13-8-9-14(2)20(13)18(23)19-16(10-11-17(21)22)12-15-6-4-3-5-7-15/h3-7,13-14,16H,8-12H2,1-2H3,(H,19,23)(H,21,22). The Morgan fingerprint density at radius 1 is 1.22 bits per heavy atom. The third-order valence-corrected chi connectivity index (χ3v) is 4.55. The summed E-state index contributed by atoms with van der Waals surface area (Å²) in [5.74, 6) is -0.833. The summed E-state index contributed by atoms with van der Waals surface area (Å²) in [6.45, 7) is 4.12. The lowest BCUT2D eigenvalue weighted by molar-refractivity contribution is -0.137. The summed E-state index contributed by atoms with van der Waals surface area (Å²) in [6, 6.07) is 10.1. The Morgan fingerprint density at radius 3 is 2.39 bits per heavy atom. The van der Waals surface area contributed by atoms with E-state index in [1.54, 1.807) is 0 Å². The van der Waals surface area contributed by atoms with E-state index in [2.05, 4.69) is 19.2 Å². The monoisotopic (exact) mass is 318 g/mol. The second-order valence-electron chi connectivity index (χ2n) is 6.45. The number of rotatable bonds is 6. The molecule has 1 aliphatic rings. The van der Waals surface area contributed by atoms with Crippen molar-refractivity contribution in [1.29, 1.82) is 0 Å². The number of amides is 2. The van der Waals surface area contributed by atoms with E-state index in [1.807, 2.05) is 35.2 Å². The van der Waals surface area contributed by atoms with E-state index in [0.29, 0.717) is 12.8 Å². The van der Waals surface area contributed by atoms with Gasteiger partial charge < -0.3 is 15.3 Å². The topological polar surface area (TPSA) is 69.6 Å². The number of hydrogen-bond donors (Lipinski definition) is 2. The second-order valence-corrected chi connectivity index (χ2v) is 6.45. The van der Waals surface area contributed by atoms with Gasteiger partial charge in [0, 0.05) is 24.5 Å². The van der Waals surface area contributed by atoms with Crippen molar-refractivity contribution in [3.05, 3.63) is 35.9 Å². The zero-order chi connectivity index (χ0) is 16.8. The number of aliphatic carboxylic acids is 1. The largest absolute Gasteiger partial charge is 0.481 e. The van der Waals surface area contributed by atoms with Gasteiger partial charge in [0.2, 0.25) is 0 Å². The Kier molecular flexibility index (Phi) is 6.02. The van der Waals surface area contributed by atoms with Gasteiger partial charge in [-0.15, -0.1) is 0 Å². The van der Waals surface area contributed by atoms with Gasteiger partial charge in [-0.1, -0.05) is 30.3 Å². The Hall–Kier alpha value is -2.04. The van der Waals surface area contributed by atoms with Gasteiger partial charge in [-0.3, -0.25) is 4.79 Å². The van der Waals surface area contributed by atoms with E-state index in [0.717, 1.165) is 18.4 Å². The highest BCUT2D eigenvalue weighted by Crippen LogP contribution is 2.23. The molecule has 23 heavy (non-hydrogen) atoms. The van der Waals surface area contributed by atoms with Crippen molar-refractivity contribution >= 4 is 12.0 Å². The van der Waals surface area contributed by atoms with Crippen LogP contribution in [-0.4, -0.2) is 40.1 Å². The Bertz CT molecular complexity index is 522. The summed E-state index contributed by atoms with van der Waals surface area (Å²) in [5.41, 5.74) is 1.10. The number of likely N-dealkylation sites (tertiary alicyclic amines) is 1. The third kappa shape index (κ3) is 4.98. The van der Waals surface area contributed by atoms with Crippen molar-refractivity contribution < 1.29 is 14.7 Å². The van der Waals surface area contributed by atoms with E-state index < -0.39 is 5.97 Å². The molecule has 2 amide bonds. The number of carboxylic acid groups (broad SMARTS) is 1. The summed E-state index contributed by atoms with van der Waals surface area (Å²) < 4.78 is 0. The molecule has 5 nitrogen and oxygen atoms in total. The molecule has 1 fully saturated rings. The summed E-state index contributed by atoms with van der Waals surface area (Å²) in [4.78, 5) is 25.3. The quantitative estimate of drug-likeness (QED) is 0.847. The van der Waals surface area contributed by atoms with Crippen LogP contribution in [0.3, 0.4) is 0 Å². The molecule has 2 rings (SSSR count). The number of nitrogens with zero attached hydrogens (tertiary/aromatic N) is 1. The first-order valence-electron chi connectivity index (χ1n) is 8.32. The molecule has 3 atom stereocenters. The van der Waals surface area contributed by atoms with Crippen molar-refractivity contribution in [2.45, 2.75) is 64.1 Å². The maximum absolute atomic E-state index is 12.6. The van der Waals surface area contributed by atoms with Crippen molar-refractivity contribution in [3.8, 4) is 0 Å². The van der Waals surface area contributed by atoms with Crippen LogP contribution >= 0.6 is 0 Å². The van der Waals surface area contributed by atoms with Crippen LogP contribution in [0.4, 0.5) is 4.79 Å². The van der Waals surface area contributed by atoms with Gasteiger partial charge in [0.1, 0.15) is 0 Å². The first kappa shape index (κ1) is 17.3. The van der Waals surface area contributed by atoms with Crippen molar-refractivity contribution in [3.63, 3.8) is 0 Å². The predicted octanol–water partition coefficient (Wildman–Crippen LogP) is 3.04. The molecule has 0 spiro atoms. The molecule has 0 aliphatic carbocycles. The molecule has 0 saturated carbocycles. The molecule has 1 saturated heterocycles. The highest BCUT2D eigenvalue weighted by atomic mass is 16.4. The fraction of sp³-hybridized carbons (Fsp3) is 0.556. The normalized spacial score (nSPS) is 21.9. The van der Waals surface area contributed by atoms with E-state index in [4.69, 9.17) is 5.11 Å². The van der Waals surface area contributed by atoms with E-state index in [-0.39, 0.29) is 30.6 Å². The summed E-state index contributed by atoms with van der Waals surface area (Å²) in [7, 11) is 0.